The molecule has 112 valence electrons. The van der Waals surface area contributed by atoms with Crippen molar-refractivity contribution in [1.29, 1.82) is 0 Å². The molecule has 1 aromatic carbocycles. The summed E-state index contributed by atoms with van der Waals surface area (Å²) in [7, 11) is 3.24. The van der Waals surface area contributed by atoms with Crippen molar-refractivity contribution in [3.63, 3.8) is 0 Å². The molecule has 0 fully saturated rings. The molecule has 0 radical (unpaired) electrons. The molecule has 5 nitrogen and oxygen atoms in total. The van der Waals surface area contributed by atoms with E-state index < -0.39 is 0 Å². The molecule has 0 saturated heterocycles. The van der Waals surface area contributed by atoms with Crippen LogP contribution in [0.4, 0.5) is 0 Å². The van der Waals surface area contributed by atoms with Crippen LogP contribution in [-0.4, -0.2) is 32.4 Å². The molecule has 0 aliphatic heterocycles. The van der Waals surface area contributed by atoms with Crippen molar-refractivity contribution < 1.29 is 14.2 Å². The molecule has 2 aromatic rings. The third kappa shape index (κ3) is 4.65. The lowest BCUT2D eigenvalue weighted by Gasteiger charge is -2.10. The number of rotatable bonds is 8. The molecule has 1 heterocycles. The number of nitrogens with one attached hydrogen (secondary N) is 1. The van der Waals surface area contributed by atoms with Crippen LogP contribution in [0.3, 0.4) is 0 Å². The minimum Gasteiger partial charge on any atom is -0.493 e. The summed E-state index contributed by atoms with van der Waals surface area (Å²) in [6.07, 6.45) is 1.80. The molecule has 0 saturated carbocycles. The summed E-state index contributed by atoms with van der Waals surface area (Å²) in [6, 6.07) is 11.5. The lowest BCUT2D eigenvalue weighted by molar-refractivity contribution is 0.292. The van der Waals surface area contributed by atoms with Gasteiger partial charge in [0.2, 0.25) is 5.88 Å². The number of hydrogen-bond donors (Lipinski definition) is 1. The second kappa shape index (κ2) is 8.11. The minimum absolute atomic E-state index is 0.573. The van der Waals surface area contributed by atoms with Crippen molar-refractivity contribution in [1.82, 2.24) is 10.3 Å². The van der Waals surface area contributed by atoms with Crippen LogP contribution in [0.2, 0.25) is 0 Å². The standard InChI is InChI=1S/C16H20N2O3/c1-19-14-5-3-4-6-15(14)21-10-9-17-11-13-7-8-16(20-2)18-12-13/h3-8,12,17H,9-11H2,1-2H3. The maximum absolute atomic E-state index is 5.68. The van der Waals surface area contributed by atoms with E-state index in [0.29, 0.717) is 12.5 Å². The molecule has 0 atom stereocenters. The third-order valence-electron chi connectivity index (χ3n) is 2.94. The summed E-state index contributed by atoms with van der Waals surface area (Å²) in [5, 5.41) is 3.30. The number of hydrogen-bond acceptors (Lipinski definition) is 5. The number of nitrogens with zero attached hydrogens (tertiary/aromatic N) is 1. The highest BCUT2D eigenvalue weighted by molar-refractivity contribution is 5.39. The van der Waals surface area contributed by atoms with Crippen LogP contribution in [0, 0.1) is 0 Å². The topological polar surface area (TPSA) is 52.6 Å². The van der Waals surface area contributed by atoms with Gasteiger partial charge in [0, 0.05) is 25.4 Å². The molecule has 5 heteroatoms. The highest BCUT2D eigenvalue weighted by Crippen LogP contribution is 2.25. The maximum atomic E-state index is 5.68. The van der Waals surface area contributed by atoms with Crippen LogP contribution in [-0.2, 0) is 6.54 Å². The molecule has 0 aliphatic carbocycles. The minimum atomic E-state index is 0.573. The van der Waals surface area contributed by atoms with E-state index >= 15 is 0 Å². The van der Waals surface area contributed by atoms with E-state index in [4.69, 9.17) is 14.2 Å². The monoisotopic (exact) mass is 288 g/mol. The van der Waals surface area contributed by atoms with Crippen LogP contribution < -0.4 is 19.5 Å². The van der Waals surface area contributed by atoms with Gasteiger partial charge in [-0.3, -0.25) is 0 Å². The molecule has 0 amide bonds. The number of methoxy groups -OCH3 is 2. The smallest absolute Gasteiger partial charge is 0.212 e. The average Bonchev–Trinajstić information content (AvgIpc) is 2.55. The second-order valence-electron chi connectivity index (χ2n) is 4.38. The van der Waals surface area contributed by atoms with E-state index in [2.05, 4.69) is 10.3 Å². The summed E-state index contributed by atoms with van der Waals surface area (Å²) in [4.78, 5) is 4.16. The van der Waals surface area contributed by atoms with E-state index in [1.807, 2.05) is 36.4 Å². The van der Waals surface area contributed by atoms with Gasteiger partial charge in [-0.2, -0.15) is 0 Å². The van der Waals surface area contributed by atoms with Gasteiger partial charge in [-0.15, -0.1) is 0 Å². The zero-order valence-corrected chi connectivity index (χ0v) is 12.3. The van der Waals surface area contributed by atoms with Gasteiger partial charge < -0.3 is 19.5 Å². The largest absolute Gasteiger partial charge is 0.493 e. The Labute approximate surface area is 124 Å². The van der Waals surface area contributed by atoms with Crippen LogP contribution in [0.15, 0.2) is 42.6 Å². The zero-order chi connectivity index (χ0) is 14.9. The van der Waals surface area contributed by atoms with Crippen molar-refractivity contribution in [3.8, 4) is 17.4 Å². The maximum Gasteiger partial charge on any atom is 0.212 e. The number of ether oxygens (including phenoxy) is 3. The molecule has 2 rings (SSSR count). The molecular formula is C16H20N2O3. The third-order valence-corrected chi connectivity index (χ3v) is 2.94. The number of para-hydroxylation sites is 2. The Morgan fingerprint density at radius 2 is 1.81 bits per heavy atom. The Bertz CT molecular complexity index is 543. The molecule has 1 N–H and O–H groups in total. The summed E-state index contributed by atoms with van der Waals surface area (Å²) < 4.78 is 15.9. The lowest BCUT2D eigenvalue weighted by atomic mass is 10.3. The van der Waals surface area contributed by atoms with Crippen molar-refractivity contribution in [2.75, 3.05) is 27.4 Å². The first-order valence-electron chi connectivity index (χ1n) is 6.79. The van der Waals surface area contributed by atoms with Gasteiger partial charge in [0.1, 0.15) is 6.61 Å². The number of pyridine rings is 1. The first-order chi connectivity index (χ1) is 10.3. The van der Waals surface area contributed by atoms with E-state index in [-0.39, 0.29) is 0 Å². The predicted octanol–water partition coefficient (Wildman–Crippen LogP) is 2.27. The van der Waals surface area contributed by atoms with Gasteiger partial charge in [-0.05, 0) is 17.7 Å². The molecule has 0 spiro atoms. The summed E-state index contributed by atoms with van der Waals surface area (Å²) >= 11 is 0. The Morgan fingerprint density at radius 3 is 2.48 bits per heavy atom. The second-order valence-corrected chi connectivity index (χ2v) is 4.38. The van der Waals surface area contributed by atoms with Crippen LogP contribution >= 0.6 is 0 Å². The van der Waals surface area contributed by atoms with Gasteiger partial charge >= 0.3 is 0 Å². The zero-order valence-electron chi connectivity index (χ0n) is 12.3. The van der Waals surface area contributed by atoms with Gasteiger partial charge in [-0.1, -0.05) is 18.2 Å². The van der Waals surface area contributed by atoms with Crippen molar-refractivity contribution >= 4 is 0 Å². The van der Waals surface area contributed by atoms with E-state index in [1.54, 1.807) is 20.4 Å². The van der Waals surface area contributed by atoms with Crippen LogP contribution in [0.25, 0.3) is 0 Å². The van der Waals surface area contributed by atoms with E-state index in [9.17, 15) is 0 Å². The SMILES string of the molecule is COc1ccc(CNCCOc2ccccc2OC)cn1. The summed E-state index contributed by atoms with van der Waals surface area (Å²) in [5.41, 5.74) is 1.10. The first-order valence-corrected chi connectivity index (χ1v) is 6.79. The Kier molecular flexibility index (Phi) is 5.84. The summed E-state index contributed by atoms with van der Waals surface area (Å²) in [6.45, 7) is 2.06. The van der Waals surface area contributed by atoms with Gasteiger partial charge in [0.15, 0.2) is 11.5 Å². The van der Waals surface area contributed by atoms with Gasteiger partial charge in [0.25, 0.3) is 0 Å². The fourth-order valence-electron chi connectivity index (χ4n) is 1.84. The Hall–Kier alpha value is -2.27. The Morgan fingerprint density at radius 1 is 1.00 bits per heavy atom. The molecular weight excluding hydrogens is 268 g/mol. The normalized spacial score (nSPS) is 10.2. The van der Waals surface area contributed by atoms with Crippen LogP contribution in [0.5, 0.6) is 17.4 Å². The molecule has 21 heavy (non-hydrogen) atoms. The van der Waals surface area contributed by atoms with Gasteiger partial charge in [0.05, 0.1) is 14.2 Å². The highest BCUT2D eigenvalue weighted by Gasteiger charge is 2.01. The lowest BCUT2D eigenvalue weighted by Crippen LogP contribution is -2.20. The molecule has 1 aromatic heterocycles. The molecule has 0 aliphatic rings. The average molecular weight is 288 g/mol. The number of aromatic nitrogens is 1. The fraction of sp³-hybridized carbons (Fsp3) is 0.312. The van der Waals surface area contributed by atoms with Crippen molar-refractivity contribution in [2.45, 2.75) is 6.54 Å². The highest BCUT2D eigenvalue weighted by atomic mass is 16.5. The summed E-state index contributed by atoms with van der Waals surface area (Å²) in [5.74, 6) is 2.13. The number of benzene rings is 1. The van der Waals surface area contributed by atoms with Gasteiger partial charge in [-0.25, -0.2) is 4.98 Å². The fourth-order valence-corrected chi connectivity index (χ4v) is 1.84. The van der Waals surface area contributed by atoms with Crippen LogP contribution in [0.1, 0.15) is 5.56 Å². The first kappa shape index (κ1) is 15.1. The van der Waals surface area contributed by atoms with E-state index in [1.165, 1.54) is 0 Å². The quantitative estimate of drug-likeness (QED) is 0.755. The van der Waals surface area contributed by atoms with Crippen molar-refractivity contribution in [2.24, 2.45) is 0 Å². The molecule has 0 unspecified atom stereocenters. The Balaban J connectivity index is 1.70. The van der Waals surface area contributed by atoms with Crippen molar-refractivity contribution in [3.05, 3.63) is 48.2 Å². The predicted molar refractivity (Wildman–Crippen MR) is 81.0 cm³/mol. The molecule has 0 bridgehead atoms. The van der Waals surface area contributed by atoms with E-state index in [0.717, 1.165) is 30.2 Å².